The van der Waals surface area contributed by atoms with E-state index in [1.807, 2.05) is 13.8 Å². The molecule has 1 atom stereocenters. The monoisotopic (exact) mass is 321 g/mol. The van der Waals surface area contributed by atoms with Crippen LogP contribution in [0.25, 0.3) is 0 Å². The summed E-state index contributed by atoms with van der Waals surface area (Å²) in [5, 5.41) is 16.9. The number of amides is 3. The van der Waals surface area contributed by atoms with E-state index < -0.39 is 17.9 Å². The molecule has 7 nitrogen and oxygen atoms in total. The summed E-state index contributed by atoms with van der Waals surface area (Å²) < 4.78 is 0. The number of benzene rings is 1. The number of urea groups is 1. The van der Waals surface area contributed by atoms with E-state index in [2.05, 4.69) is 16.0 Å². The number of carboxylic acid groups (broad SMARTS) is 1. The molecular formula is C16H23N3O4. The molecule has 4 N–H and O–H groups in total. The van der Waals surface area contributed by atoms with E-state index >= 15 is 0 Å². The van der Waals surface area contributed by atoms with Gasteiger partial charge in [-0.1, -0.05) is 19.9 Å². The van der Waals surface area contributed by atoms with Gasteiger partial charge in [-0.15, -0.1) is 0 Å². The molecule has 0 aliphatic rings. The molecule has 1 aromatic carbocycles. The fraction of sp³-hybridized carbons (Fsp3) is 0.438. The van der Waals surface area contributed by atoms with Crippen molar-refractivity contribution in [2.24, 2.45) is 5.92 Å². The van der Waals surface area contributed by atoms with Crippen LogP contribution in [0.1, 0.15) is 38.1 Å². The Hall–Kier alpha value is -2.57. The fourth-order valence-corrected chi connectivity index (χ4v) is 1.91. The van der Waals surface area contributed by atoms with E-state index in [1.54, 1.807) is 32.0 Å². The lowest BCUT2D eigenvalue weighted by Crippen LogP contribution is -2.44. The number of rotatable bonds is 6. The van der Waals surface area contributed by atoms with Crippen LogP contribution < -0.4 is 16.0 Å². The second kappa shape index (κ2) is 8.17. The van der Waals surface area contributed by atoms with Crippen molar-refractivity contribution in [3.05, 3.63) is 29.8 Å². The van der Waals surface area contributed by atoms with Gasteiger partial charge in [0.1, 0.15) is 6.04 Å². The smallest absolute Gasteiger partial charge is 0.326 e. The first-order valence-electron chi connectivity index (χ1n) is 7.42. The molecule has 0 bridgehead atoms. The van der Waals surface area contributed by atoms with Gasteiger partial charge in [0.25, 0.3) is 5.91 Å². The van der Waals surface area contributed by atoms with Crippen LogP contribution in [0.15, 0.2) is 24.3 Å². The van der Waals surface area contributed by atoms with Crippen LogP contribution in [-0.2, 0) is 4.79 Å². The standard InChI is InChI=1S/C16H23N3O4/c1-9(2)13(15(21)22)19-14(20)11-6-5-7-12(8-11)18-16(23)17-10(3)4/h5-10,13H,1-4H3,(H,19,20)(H,21,22)(H2,17,18,23)/t13-/m0/s1. The lowest BCUT2D eigenvalue weighted by atomic mass is 10.0. The predicted octanol–water partition coefficient (Wildman–Crippen LogP) is 2.06. The molecule has 1 rings (SSSR count). The summed E-state index contributed by atoms with van der Waals surface area (Å²) in [6.45, 7) is 7.10. The second-order valence-corrected chi connectivity index (χ2v) is 5.87. The van der Waals surface area contributed by atoms with E-state index in [1.165, 1.54) is 6.07 Å². The van der Waals surface area contributed by atoms with Gasteiger partial charge in [0.2, 0.25) is 0 Å². The molecule has 0 spiro atoms. The third kappa shape index (κ3) is 5.98. The van der Waals surface area contributed by atoms with Crippen molar-refractivity contribution in [1.29, 1.82) is 0 Å². The molecule has 7 heteroatoms. The summed E-state index contributed by atoms with van der Waals surface area (Å²) in [5.74, 6) is -1.83. The average molecular weight is 321 g/mol. The van der Waals surface area contributed by atoms with Gasteiger partial charge in [0.05, 0.1) is 0 Å². The van der Waals surface area contributed by atoms with Crippen molar-refractivity contribution in [1.82, 2.24) is 10.6 Å². The molecule has 0 saturated heterocycles. The zero-order chi connectivity index (χ0) is 17.6. The number of hydrogen-bond acceptors (Lipinski definition) is 3. The molecule has 0 unspecified atom stereocenters. The van der Waals surface area contributed by atoms with Crippen LogP contribution in [0.4, 0.5) is 10.5 Å². The Kier molecular flexibility index (Phi) is 6.56. The van der Waals surface area contributed by atoms with Crippen LogP contribution in [0, 0.1) is 5.92 Å². The van der Waals surface area contributed by atoms with Gasteiger partial charge in [0.15, 0.2) is 0 Å². The highest BCUT2D eigenvalue weighted by atomic mass is 16.4. The maximum atomic E-state index is 12.2. The van der Waals surface area contributed by atoms with Crippen molar-refractivity contribution in [3.8, 4) is 0 Å². The zero-order valence-corrected chi connectivity index (χ0v) is 13.7. The topological polar surface area (TPSA) is 108 Å². The van der Waals surface area contributed by atoms with Crippen LogP contribution >= 0.6 is 0 Å². The van der Waals surface area contributed by atoms with Crippen LogP contribution in [0.3, 0.4) is 0 Å². The van der Waals surface area contributed by atoms with Crippen molar-refractivity contribution >= 4 is 23.6 Å². The molecule has 0 heterocycles. The summed E-state index contributed by atoms with van der Waals surface area (Å²) in [7, 11) is 0. The lowest BCUT2D eigenvalue weighted by Gasteiger charge is -2.18. The molecule has 0 aliphatic carbocycles. The second-order valence-electron chi connectivity index (χ2n) is 5.87. The van der Waals surface area contributed by atoms with E-state index in [0.717, 1.165) is 0 Å². The van der Waals surface area contributed by atoms with Gasteiger partial charge in [0, 0.05) is 17.3 Å². The minimum absolute atomic E-state index is 0.0103. The Bertz CT molecular complexity index is 584. The van der Waals surface area contributed by atoms with Crippen molar-refractivity contribution < 1.29 is 19.5 Å². The van der Waals surface area contributed by atoms with Gasteiger partial charge >= 0.3 is 12.0 Å². The first-order valence-corrected chi connectivity index (χ1v) is 7.42. The molecule has 0 fully saturated rings. The minimum Gasteiger partial charge on any atom is -0.480 e. The van der Waals surface area contributed by atoms with E-state index in [0.29, 0.717) is 5.69 Å². The summed E-state index contributed by atoms with van der Waals surface area (Å²) in [6.07, 6.45) is 0. The SMILES string of the molecule is CC(C)NC(=O)Nc1cccc(C(=O)N[C@H](C(=O)O)C(C)C)c1. The first kappa shape index (κ1) is 18.5. The normalized spacial score (nSPS) is 11.9. The van der Waals surface area contributed by atoms with Crippen LogP contribution in [0.5, 0.6) is 0 Å². The molecule has 1 aromatic rings. The average Bonchev–Trinajstić information content (AvgIpc) is 2.42. The molecule has 3 amide bonds. The summed E-state index contributed by atoms with van der Waals surface area (Å²) in [6, 6.07) is 4.96. The third-order valence-electron chi connectivity index (χ3n) is 3.02. The van der Waals surface area contributed by atoms with Gasteiger partial charge < -0.3 is 21.1 Å². The minimum atomic E-state index is -1.08. The maximum absolute atomic E-state index is 12.2. The third-order valence-corrected chi connectivity index (χ3v) is 3.02. The number of aliphatic carboxylic acids is 1. The van der Waals surface area contributed by atoms with E-state index in [4.69, 9.17) is 5.11 Å². The van der Waals surface area contributed by atoms with E-state index in [9.17, 15) is 14.4 Å². The number of nitrogens with one attached hydrogen (secondary N) is 3. The van der Waals surface area contributed by atoms with Gasteiger partial charge in [-0.05, 0) is 38.0 Å². The molecule has 23 heavy (non-hydrogen) atoms. The number of carboxylic acids is 1. The lowest BCUT2D eigenvalue weighted by molar-refractivity contribution is -0.140. The van der Waals surface area contributed by atoms with Crippen LogP contribution in [-0.4, -0.2) is 35.1 Å². The first-order chi connectivity index (χ1) is 10.7. The summed E-state index contributed by atoms with van der Waals surface area (Å²) in [4.78, 5) is 35.0. The molecular weight excluding hydrogens is 298 g/mol. The summed E-state index contributed by atoms with van der Waals surface area (Å²) >= 11 is 0. The van der Waals surface area contributed by atoms with Crippen molar-refractivity contribution in [2.45, 2.75) is 39.8 Å². The predicted molar refractivity (Wildman–Crippen MR) is 87.5 cm³/mol. The number of anilines is 1. The Balaban J connectivity index is 2.81. The Labute approximate surface area is 135 Å². The zero-order valence-electron chi connectivity index (χ0n) is 13.7. The molecule has 0 aliphatic heterocycles. The molecule has 0 saturated carbocycles. The number of hydrogen-bond donors (Lipinski definition) is 4. The van der Waals surface area contributed by atoms with Crippen molar-refractivity contribution in [2.75, 3.05) is 5.32 Å². The van der Waals surface area contributed by atoms with Crippen molar-refractivity contribution in [3.63, 3.8) is 0 Å². The molecule has 0 aromatic heterocycles. The van der Waals surface area contributed by atoms with E-state index in [-0.39, 0.29) is 23.6 Å². The van der Waals surface area contributed by atoms with Gasteiger partial charge in [-0.25, -0.2) is 9.59 Å². The number of carbonyl (C=O) groups excluding carboxylic acids is 2. The fourth-order valence-electron chi connectivity index (χ4n) is 1.91. The number of carbonyl (C=O) groups is 3. The highest BCUT2D eigenvalue weighted by Crippen LogP contribution is 2.12. The largest absolute Gasteiger partial charge is 0.480 e. The quantitative estimate of drug-likeness (QED) is 0.643. The highest BCUT2D eigenvalue weighted by molar-refractivity contribution is 5.98. The highest BCUT2D eigenvalue weighted by Gasteiger charge is 2.24. The molecule has 126 valence electrons. The van der Waals surface area contributed by atoms with Crippen LogP contribution in [0.2, 0.25) is 0 Å². The Morgan fingerprint density at radius 3 is 2.22 bits per heavy atom. The maximum Gasteiger partial charge on any atom is 0.326 e. The van der Waals surface area contributed by atoms with Gasteiger partial charge in [-0.3, -0.25) is 4.79 Å². The van der Waals surface area contributed by atoms with Gasteiger partial charge in [-0.2, -0.15) is 0 Å². The Morgan fingerprint density at radius 1 is 1.04 bits per heavy atom. The Morgan fingerprint density at radius 2 is 1.70 bits per heavy atom. The summed E-state index contributed by atoms with van der Waals surface area (Å²) in [5.41, 5.74) is 0.728. The molecule has 0 radical (unpaired) electrons.